The number of rotatable bonds is 9. The van der Waals surface area contributed by atoms with Gasteiger partial charge in [-0.3, -0.25) is 9.79 Å². The molecule has 1 fully saturated rings. The van der Waals surface area contributed by atoms with E-state index < -0.39 is 0 Å². The summed E-state index contributed by atoms with van der Waals surface area (Å²) < 4.78 is 5.49. The van der Waals surface area contributed by atoms with Crippen molar-refractivity contribution in [1.29, 1.82) is 0 Å². The van der Waals surface area contributed by atoms with Crippen molar-refractivity contribution in [3.8, 4) is 5.75 Å². The number of ether oxygens (including phenoxy) is 1. The highest BCUT2D eigenvalue weighted by molar-refractivity contribution is 14.0. The normalized spacial score (nSPS) is 19.0. The average molecular weight is 506 g/mol. The Balaban J connectivity index is 0.00000392. The van der Waals surface area contributed by atoms with Crippen molar-refractivity contribution >= 4 is 35.8 Å². The maximum Gasteiger partial charge on any atom is 0.255 e. The molecule has 0 saturated carbocycles. The molecular formula is C19H31IN4O4. The van der Waals surface area contributed by atoms with Crippen LogP contribution in [0.3, 0.4) is 0 Å². The van der Waals surface area contributed by atoms with Gasteiger partial charge >= 0.3 is 0 Å². The molecule has 1 heterocycles. The van der Waals surface area contributed by atoms with E-state index in [0.29, 0.717) is 45.2 Å². The van der Waals surface area contributed by atoms with E-state index in [2.05, 4.69) is 20.9 Å². The molecule has 1 aromatic carbocycles. The van der Waals surface area contributed by atoms with Gasteiger partial charge in [0.25, 0.3) is 5.91 Å². The molecule has 0 aliphatic carbocycles. The van der Waals surface area contributed by atoms with Crippen molar-refractivity contribution in [3.63, 3.8) is 0 Å². The Morgan fingerprint density at radius 2 is 2.00 bits per heavy atom. The van der Waals surface area contributed by atoms with Crippen LogP contribution < -0.4 is 16.0 Å². The molecule has 9 heteroatoms. The van der Waals surface area contributed by atoms with Crippen LogP contribution in [0.5, 0.6) is 5.75 Å². The monoisotopic (exact) mass is 506 g/mol. The van der Waals surface area contributed by atoms with Gasteiger partial charge in [-0.15, -0.1) is 24.0 Å². The number of hydrogen-bond acceptors (Lipinski definition) is 5. The minimum absolute atomic E-state index is 0. The number of para-hydroxylation sites is 1. The Labute approximate surface area is 183 Å². The highest BCUT2D eigenvalue weighted by atomic mass is 127. The van der Waals surface area contributed by atoms with Gasteiger partial charge in [0.2, 0.25) is 0 Å². The first-order valence-corrected chi connectivity index (χ1v) is 9.37. The number of phenolic OH excluding ortho intramolecular Hbond substituents is 1. The van der Waals surface area contributed by atoms with E-state index in [1.807, 2.05) is 6.92 Å². The van der Waals surface area contributed by atoms with Crippen molar-refractivity contribution in [2.45, 2.75) is 19.8 Å². The van der Waals surface area contributed by atoms with E-state index in [1.54, 1.807) is 18.2 Å². The lowest BCUT2D eigenvalue weighted by molar-refractivity contribution is 0.0951. The molecule has 1 saturated heterocycles. The maximum absolute atomic E-state index is 12.1. The molecule has 8 nitrogen and oxygen atoms in total. The number of aliphatic hydroxyl groups excluding tert-OH is 1. The SMILES string of the molecule is CCNC(=NCC1(CCO)CCOC1)NCCNC(=O)c1ccccc1O.I. The molecule has 5 N–H and O–H groups in total. The molecule has 1 aromatic rings. The zero-order valence-corrected chi connectivity index (χ0v) is 18.6. The van der Waals surface area contributed by atoms with Crippen molar-refractivity contribution in [2.75, 3.05) is 46.0 Å². The van der Waals surface area contributed by atoms with Crippen LogP contribution in [-0.2, 0) is 4.74 Å². The van der Waals surface area contributed by atoms with Crippen molar-refractivity contribution in [1.82, 2.24) is 16.0 Å². The van der Waals surface area contributed by atoms with Crippen molar-refractivity contribution in [2.24, 2.45) is 10.4 Å². The summed E-state index contributed by atoms with van der Waals surface area (Å²) in [5.74, 6) is 0.311. The van der Waals surface area contributed by atoms with Crippen LogP contribution in [-0.4, -0.2) is 68.1 Å². The van der Waals surface area contributed by atoms with Gasteiger partial charge in [0.1, 0.15) is 5.75 Å². The molecule has 0 aromatic heterocycles. The summed E-state index contributed by atoms with van der Waals surface area (Å²) in [4.78, 5) is 16.7. The second-order valence-corrected chi connectivity index (χ2v) is 6.67. The van der Waals surface area contributed by atoms with Crippen LogP contribution in [0.25, 0.3) is 0 Å². The number of aliphatic hydroxyl groups is 1. The third-order valence-electron chi connectivity index (χ3n) is 4.60. The molecule has 1 amide bonds. The fourth-order valence-corrected chi connectivity index (χ4v) is 2.99. The van der Waals surface area contributed by atoms with Gasteiger partial charge in [0, 0.05) is 38.3 Å². The van der Waals surface area contributed by atoms with E-state index in [4.69, 9.17) is 4.74 Å². The van der Waals surface area contributed by atoms with Gasteiger partial charge in [-0.25, -0.2) is 0 Å². The molecule has 28 heavy (non-hydrogen) atoms. The summed E-state index contributed by atoms with van der Waals surface area (Å²) in [6, 6.07) is 6.44. The van der Waals surface area contributed by atoms with E-state index >= 15 is 0 Å². The molecule has 0 radical (unpaired) electrons. The molecule has 1 aliphatic rings. The Morgan fingerprint density at radius 3 is 2.64 bits per heavy atom. The number of carbonyl (C=O) groups excluding carboxylic acids is 1. The lowest BCUT2D eigenvalue weighted by Gasteiger charge is -2.24. The van der Waals surface area contributed by atoms with Crippen molar-refractivity contribution < 1.29 is 19.7 Å². The first kappa shape index (κ1) is 24.4. The third-order valence-corrected chi connectivity index (χ3v) is 4.60. The third kappa shape index (κ3) is 7.44. The largest absolute Gasteiger partial charge is 0.507 e. The smallest absolute Gasteiger partial charge is 0.255 e. The van der Waals surface area contributed by atoms with E-state index in [9.17, 15) is 15.0 Å². The minimum atomic E-state index is -0.318. The number of hydrogen-bond donors (Lipinski definition) is 5. The molecule has 0 spiro atoms. The molecule has 158 valence electrons. The van der Waals surface area contributed by atoms with Gasteiger partial charge in [-0.05, 0) is 31.9 Å². The number of phenols is 1. The summed E-state index contributed by atoms with van der Waals surface area (Å²) >= 11 is 0. The summed E-state index contributed by atoms with van der Waals surface area (Å²) in [7, 11) is 0. The topological polar surface area (TPSA) is 115 Å². The number of nitrogens with zero attached hydrogens (tertiary/aromatic N) is 1. The number of halogens is 1. The zero-order chi connectivity index (χ0) is 19.5. The molecular weight excluding hydrogens is 475 g/mol. The fourth-order valence-electron chi connectivity index (χ4n) is 2.99. The number of aliphatic imine (C=N–C) groups is 1. The highest BCUT2D eigenvalue weighted by Gasteiger charge is 2.34. The van der Waals surface area contributed by atoms with Crippen molar-refractivity contribution in [3.05, 3.63) is 29.8 Å². The highest BCUT2D eigenvalue weighted by Crippen LogP contribution is 2.32. The standard InChI is InChI=1S/C19H30N4O4.HI/c1-2-20-18(23-13-19(7-11-24)8-12-27-14-19)22-10-9-21-17(26)15-5-3-4-6-16(15)25;/h3-6,24-25H,2,7-14H2,1H3,(H,21,26)(H2,20,22,23);1H. The van der Waals surface area contributed by atoms with Gasteiger partial charge in [0.15, 0.2) is 5.96 Å². The Morgan fingerprint density at radius 1 is 1.25 bits per heavy atom. The second kappa shape index (κ2) is 12.8. The second-order valence-electron chi connectivity index (χ2n) is 6.67. The first-order chi connectivity index (χ1) is 13.1. The number of aromatic hydroxyl groups is 1. The number of amides is 1. The molecule has 1 aliphatic heterocycles. The quantitative estimate of drug-likeness (QED) is 0.148. The number of guanidine groups is 1. The fraction of sp³-hybridized carbons (Fsp3) is 0.579. The van der Waals surface area contributed by atoms with Crippen LogP contribution in [0.4, 0.5) is 0 Å². The predicted octanol–water partition coefficient (Wildman–Crippen LogP) is 1.08. The lowest BCUT2D eigenvalue weighted by Crippen LogP contribution is -2.42. The van der Waals surface area contributed by atoms with Crippen LogP contribution >= 0.6 is 24.0 Å². The van der Waals surface area contributed by atoms with Gasteiger partial charge in [-0.1, -0.05) is 12.1 Å². The van der Waals surface area contributed by atoms with Crippen LogP contribution in [0.2, 0.25) is 0 Å². The minimum Gasteiger partial charge on any atom is -0.507 e. The average Bonchev–Trinajstić information content (AvgIpc) is 3.12. The van der Waals surface area contributed by atoms with E-state index in [1.165, 1.54) is 6.07 Å². The summed E-state index contributed by atoms with van der Waals surface area (Å²) in [5, 5.41) is 28.1. The molecule has 2 rings (SSSR count). The van der Waals surface area contributed by atoms with Gasteiger partial charge in [-0.2, -0.15) is 0 Å². The first-order valence-electron chi connectivity index (χ1n) is 9.37. The molecule has 1 atom stereocenters. The van der Waals surface area contributed by atoms with Crippen LogP contribution in [0.1, 0.15) is 30.1 Å². The predicted molar refractivity (Wildman–Crippen MR) is 119 cm³/mol. The lowest BCUT2D eigenvalue weighted by atomic mass is 9.84. The summed E-state index contributed by atoms with van der Waals surface area (Å²) in [6.07, 6.45) is 1.57. The van der Waals surface area contributed by atoms with Gasteiger partial charge < -0.3 is 30.9 Å². The maximum atomic E-state index is 12.1. The number of benzene rings is 1. The Hall–Kier alpha value is -1.59. The Bertz CT molecular complexity index is 636. The zero-order valence-electron chi connectivity index (χ0n) is 16.2. The molecule has 0 bridgehead atoms. The number of nitrogens with one attached hydrogen (secondary N) is 3. The Kier molecular flexibility index (Phi) is 11.2. The number of carbonyl (C=O) groups is 1. The van der Waals surface area contributed by atoms with Crippen LogP contribution in [0, 0.1) is 5.41 Å². The van der Waals surface area contributed by atoms with Gasteiger partial charge in [0.05, 0.1) is 18.7 Å². The van der Waals surface area contributed by atoms with Crippen LogP contribution in [0.15, 0.2) is 29.3 Å². The van der Waals surface area contributed by atoms with E-state index in [0.717, 1.165) is 13.0 Å². The van der Waals surface area contributed by atoms with E-state index in [-0.39, 0.29) is 53.2 Å². The molecule has 1 unspecified atom stereocenters. The summed E-state index contributed by atoms with van der Waals surface area (Å²) in [6.45, 7) is 5.62. The summed E-state index contributed by atoms with van der Waals surface area (Å²) in [5.41, 5.74) is 0.154.